The topological polar surface area (TPSA) is 97.0 Å². The quantitative estimate of drug-likeness (QED) is 0.471. The number of thiocarbonyl (C=S) groups is 1. The van der Waals surface area contributed by atoms with Crippen molar-refractivity contribution < 1.29 is 28.6 Å². The first-order valence-electron chi connectivity index (χ1n) is 8.74. The van der Waals surface area contributed by atoms with Crippen LogP contribution in [0.4, 0.5) is 9.59 Å². The largest absolute Gasteiger partial charge is 0.559 e. The number of amides is 3. The molecule has 2 rings (SSSR count). The summed E-state index contributed by atoms with van der Waals surface area (Å²) in [4.78, 5) is 44.7. The molecule has 0 saturated carbocycles. The first-order chi connectivity index (χ1) is 12.1. The third kappa shape index (κ3) is 5.53. The van der Waals surface area contributed by atoms with Gasteiger partial charge in [0.2, 0.25) is 5.91 Å². The van der Waals surface area contributed by atoms with Gasteiger partial charge in [0.1, 0.15) is 18.7 Å². The summed E-state index contributed by atoms with van der Waals surface area (Å²) in [6.45, 7) is 7.02. The summed E-state index contributed by atoms with van der Waals surface area (Å²) in [5.74, 6) is -0.110. The standard InChI is InChI=1S/C16H26N4O5S/c1-16(2,3)24-15(23)20(10-5-13(26)18-7-11-20)25-14(22)19-8-4-12(21)17-6-9-19/h4-11H2,1-3H3,(H-,17,18,21,26)/p+1. The number of nitrogens with zero attached hydrogens (tertiary/aromatic N) is 2. The highest BCUT2D eigenvalue weighted by atomic mass is 32.1. The molecular formula is C16H27N4O5S+. The fourth-order valence-corrected chi connectivity index (χ4v) is 2.86. The van der Waals surface area contributed by atoms with Crippen molar-refractivity contribution in [3.63, 3.8) is 0 Å². The fraction of sp³-hybridized carbons (Fsp3) is 0.750. The first kappa shape index (κ1) is 20.4. The van der Waals surface area contributed by atoms with Crippen molar-refractivity contribution in [3.8, 4) is 0 Å². The highest BCUT2D eigenvalue weighted by molar-refractivity contribution is 7.80. The molecule has 1 unspecified atom stereocenters. The van der Waals surface area contributed by atoms with Crippen LogP contribution in [-0.4, -0.2) is 77.5 Å². The molecule has 0 aromatic heterocycles. The number of nitrogens with one attached hydrogen (secondary N) is 2. The minimum Gasteiger partial charge on any atom is -0.411 e. The van der Waals surface area contributed by atoms with E-state index < -0.39 is 22.4 Å². The Morgan fingerprint density at radius 1 is 1.12 bits per heavy atom. The van der Waals surface area contributed by atoms with E-state index in [1.165, 1.54) is 4.90 Å². The van der Waals surface area contributed by atoms with E-state index in [1.807, 2.05) is 0 Å². The molecule has 0 aliphatic carbocycles. The number of hydrogen-bond acceptors (Lipinski definition) is 6. The van der Waals surface area contributed by atoms with Crippen LogP contribution in [0.2, 0.25) is 0 Å². The molecule has 0 spiro atoms. The lowest BCUT2D eigenvalue weighted by Gasteiger charge is -2.33. The van der Waals surface area contributed by atoms with Crippen LogP contribution in [0, 0.1) is 0 Å². The number of hydrogen-bond donors (Lipinski definition) is 2. The van der Waals surface area contributed by atoms with E-state index in [0.29, 0.717) is 31.0 Å². The average Bonchev–Trinajstić information content (AvgIpc) is 2.85. The summed E-state index contributed by atoms with van der Waals surface area (Å²) in [5, 5.41) is 5.73. The van der Waals surface area contributed by atoms with Gasteiger partial charge in [0.15, 0.2) is 0 Å². The van der Waals surface area contributed by atoms with Gasteiger partial charge in [-0.25, -0.2) is 9.63 Å². The molecule has 0 aromatic carbocycles. The second-order valence-electron chi connectivity index (χ2n) is 7.36. The predicted octanol–water partition coefficient (Wildman–Crippen LogP) is 0.933. The molecule has 146 valence electrons. The number of carbonyl (C=O) groups is 3. The zero-order valence-corrected chi connectivity index (χ0v) is 16.3. The van der Waals surface area contributed by atoms with Crippen LogP contribution in [0.3, 0.4) is 0 Å². The molecule has 2 saturated heterocycles. The van der Waals surface area contributed by atoms with Crippen molar-refractivity contribution in [2.24, 2.45) is 0 Å². The normalized spacial score (nSPS) is 24.7. The van der Waals surface area contributed by atoms with Crippen LogP contribution in [-0.2, 0) is 14.4 Å². The van der Waals surface area contributed by atoms with Gasteiger partial charge in [0, 0.05) is 26.1 Å². The molecule has 0 bridgehead atoms. The Bertz CT molecular complexity index is 592. The van der Waals surface area contributed by atoms with Crippen LogP contribution in [0.15, 0.2) is 0 Å². The summed E-state index contributed by atoms with van der Waals surface area (Å²) in [6.07, 6.45) is -0.656. The summed E-state index contributed by atoms with van der Waals surface area (Å²) < 4.78 is 4.92. The highest BCUT2D eigenvalue weighted by Gasteiger charge is 2.48. The number of quaternary nitrogens is 1. The van der Waals surface area contributed by atoms with Crippen LogP contribution in [0.1, 0.15) is 33.6 Å². The van der Waals surface area contributed by atoms with Gasteiger partial charge in [-0.3, -0.25) is 4.79 Å². The van der Waals surface area contributed by atoms with Crippen LogP contribution >= 0.6 is 12.2 Å². The van der Waals surface area contributed by atoms with Gasteiger partial charge in [0.05, 0.1) is 18.0 Å². The predicted molar refractivity (Wildman–Crippen MR) is 97.1 cm³/mol. The lowest BCUT2D eigenvalue weighted by molar-refractivity contribution is -1.03. The molecule has 2 aliphatic rings. The van der Waals surface area contributed by atoms with Gasteiger partial charge >= 0.3 is 12.2 Å². The zero-order chi connectivity index (χ0) is 19.4. The second kappa shape index (κ2) is 8.17. The Labute approximate surface area is 158 Å². The van der Waals surface area contributed by atoms with Gasteiger partial charge in [-0.15, -0.1) is 0 Å². The van der Waals surface area contributed by atoms with E-state index in [-0.39, 0.29) is 32.0 Å². The Morgan fingerprint density at radius 2 is 1.85 bits per heavy atom. The fourth-order valence-electron chi connectivity index (χ4n) is 2.67. The van der Waals surface area contributed by atoms with E-state index in [1.54, 1.807) is 20.8 Å². The first-order valence-corrected chi connectivity index (χ1v) is 9.15. The molecule has 26 heavy (non-hydrogen) atoms. The Morgan fingerprint density at radius 3 is 2.54 bits per heavy atom. The Hall–Kier alpha value is -1.94. The van der Waals surface area contributed by atoms with Crippen LogP contribution in [0.25, 0.3) is 0 Å². The van der Waals surface area contributed by atoms with E-state index >= 15 is 0 Å². The maximum atomic E-state index is 12.9. The molecule has 2 heterocycles. The van der Waals surface area contributed by atoms with Crippen molar-refractivity contribution >= 4 is 35.3 Å². The van der Waals surface area contributed by atoms with E-state index in [9.17, 15) is 14.4 Å². The lowest BCUT2D eigenvalue weighted by atomic mass is 10.2. The van der Waals surface area contributed by atoms with Gasteiger partial charge in [-0.05, 0) is 25.4 Å². The molecule has 2 N–H and O–H groups in total. The van der Waals surface area contributed by atoms with Gasteiger partial charge in [-0.1, -0.05) is 12.2 Å². The minimum absolute atomic E-state index is 0.110. The summed E-state index contributed by atoms with van der Waals surface area (Å²) in [5.41, 5.74) is -0.714. The summed E-state index contributed by atoms with van der Waals surface area (Å²) in [6, 6.07) is 0. The smallest absolute Gasteiger partial charge is 0.411 e. The van der Waals surface area contributed by atoms with Gasteiger partial charge in [-0.2, -0.15) is 4.79 Å². The third-order valence-corrected chi connectivity index (χ3v) is 4.39. The van der Waals surface area contributed by atoms with Crippen molar-refractivity contribution in [1.29, 1.82) is 0 Å². The maximum absolute atomic E-state index is 12.9. The van der Waals surface area contributed by atoms with E-state index in [2.05, 4.69) is 10.6 Å². The zero-order valence-electron chi connectivity index (χ0n) is 15.5. The average molecular weight is 387 g/mol. The Kier molecular flexibility index (Phi) is 6.40. The maximum Gasteiger partial charge on any atom is 0.559 e. The van der Waals surface area contributed by atoms with Crippen LogP contribution < -0.4 is 10.6 Å². The summed E-state index contributed by atoms with van der Waals surface area (Å²) >= 11 is 5.19. The number of hydroxylamine groups is 3. The van der Waals surface area contributed by atoms with Crippen molar-refractivity contribution in [3.05, 3.63) is 0 Å². The molecule has 3 amide bonds. The van der Waals surface area contributed by atoms with E-state index in [0.717, 1.165) is 0 Å². The van der Waals surface area contributed by atoms with Gasteiger partial charge in [0.25, 0.3) is 0 Å². The van der Waals surface area contributed by atoms with Crippen molar-refractivity contribution in [2.75, 3.05) is 39.3 Å². The van der Waals surface area contributed by atoms with Crippen molar-refractivity contribution in [1.82, 2.24) is 15.5 Å². The summed E-state index contributed by atoms with van der Waals surface area (Å²) in [7, 11) is 0. The third-order valence-electron chi connectivity index (χ3n) is 4.05. The van der Waals surface area contributed by atoms with E-state index in [4.69, 9.17) is 21.8 Å². The molecule has 10 heteroatoms. The van der Waals surface area contributed by atoms with Gasteiger partial charge < -0.3 is 20.3 Å². The van der Waals surface area contributed by atoms with Crippen LogP contribution in [0.5, 0.6) is 0 Å². The molecule has 2 aliphatic heterocycles. The molecular weight excluding hydrogens is 360 g/mol. The molecule has 2 fully saturated rings. The monoisotopic (exact) mass is 387 g/mol. The lowest BCUT2D eigenvalue weighted by Crippen LogP contribution is -2.58. The molecule has 0 aromatic rings. The molecule has 9 nitrogen and oxygen atoms in total. The number of carbonyl (C=O) groups excluding carboxylic acids is 3. The number of rotatable bonds is 0. The molecule has 0 radical (unpaired) electrons. The molecule has 1 atom stereocenters. The second-order valence-corrected chi connectivity index (χ2v) is 7.85. The van der Waals surface area contributed by atoms with Crippen molar-refractivity contribution in [2.45, 2.75) is 39.2 Å². The highest BCUT2D eigenvalue weighted by Crippen LogP contribution is 2.21. The number of ether oxygens (including phenoxy) is 1. The minimum atomic E-state index is -0.714. The SMILES string of the molecule is CC(C)(C)OC(=O)[N+]1(OC(=O)N2CCNC(=O)CC2)CCNC(=S)CC1. The Balaban J connectivity index is 2.17.